The van der Waals surface area contributed by atoms with Gasteiger partial charge in [0.05, 0.1) is 6.10 Å². The Balaban J connectivity index is 3.88. The fourth-order valence-corrected chi connectivity index (χ4v) is 1.11. The highest BCUT2D eigenvalue weighted by atomic mass is 16.5. The molecule has 0 fully saturated rings. The third-order valence-corrected chi connectivity index (χ3v) is 1.77. The molecule has 2 N–H and O–H groups in total. The lowest BCUT2D eigenvalue weighted by molar-refractivity contribution is 0.0438. The van der Waals surface area contributed by atoms with Gasteiger partial charge in [-0.05, 0) is 26.2 Å². The fourth-order valence-electron chi connectivity index (χ4n) is 1.11. The van der Waals surface area contributed by atoms with Gasteiger partial charge in [0.1, 0.15) is 0 Å². The third-order valence-electron chi connectivity index (χ3n) is 1.77. The normalized spacial score (nSPS) is 15.5. The largest absolute Gasteiger partial charge is 0.381 e. The average Bonchev–Trinajstić information content (AvgIpc) is 1.80. The molecule has 0 heterocycles. The number of methoxy groups -OCH3 is 1. The molecule has 0 rings (SSSR count). The van der Waals surface area contributed by atoms with E-state index in [1.807, 2.05) is 13.8 Å². The van der Waals surface area contributed by atoms with Crippen LogP contribution in [0.1, 0.15) is 34.1 Å². The SMILES string of the molecule is COC(CC(C)(C)N)C(C)C. The first-order valence-corrected chi connectivity index (χ1v) is 4.18. The van der Waals surface area contributed by atoms with Crippen molar-refractivity contribution in [2.45, 2.75) is 45.8 Å². The Labute approximate surface area is 70.1 Å². The summed E-state index contributed by atoms with van der Waals surface area (Å²) in [5.41, 5.74) is 5.75. The molecule has 0 bridgehead atoms. The van der Waals surface area contributed by atoms with Crippen LogP contribution in [-0.2, 0) is 4.74 Å². The maximum atomic E-state index is 5.87. The van der Waals surface area contributed by atoms with Crippen LogP contribution in [0.3, 0.4) is 0 Å². The van der Waals surface area contributed by atoms with Gasteiger partial charge in [0.2, 0.25) is 0 Å². The number of rotatable bonds is 4. The van der Waals surface area contributed by atoms with Crippen molar-refractivity contribution in [3.8, 4) is 0 Å². The molecule has 0 radical (unpaired) electrons. The van der Waals surface area contributed by atoms with Crippen molar-refractivity contribution in [1.29, 1.82) is 0 Å². The van der Waals surface area contributed by atoms with E-state index in [1.54, 1.807) is 7.11 Å². The van der Waals surface area contributed by atoms with Gasteiger partial charge >= 0.3 is 0 Å². The minimum absolute atomic E-state index is 0.120. The Bertz CT molecular complexity index is 105. The van der Waals surface area contributed by atoms with Crippen molar-refractivity contribution < 1.29 is 4.74 Å². The van der Waals surface area contributed by atoms with E-state index in [0.717, 1.165) is 6.42 Å². The Morgan fingerprint density at radius 3 is 1.91 bits per heavy atom. The molecule has 0 aromatic heterocycles. The van der Waals surface area contributed by atoms with E-state index in [9.17, 15) is 0 Å². The molecule has 0 aliphatic rings. The zero-order valence-electron chi connectivity index (χ0n) is 8.35. The Kier molecular flexibility index (Phi) is 4.04. The quantitative estimate of drug-likeness (QED) is 0.678. The lowest BCUT2D eigenvalue weighted by Crippen LogP contribution is -2.38. The van der Waals surface area contributed by atoms with Crippen molar-refractivity contribution in [2.75, 3.05) is 7.11 Å². The maximum absolute atomic E-state index is 5.87. The molecule has 68 valence electrons. The lowest BCUT2D eigenvalue weighted by atomic mass is 9.92. The van der Waals surface area contributed by atoms with E-state index >= 15 is 0 Å². The molecule has 1 atom stereocenters. The van der Waals surface area contributed by atoms with Crippen LogP contribution in [0.25, 0.3) is 0 Å². The highest BCUT2D eigenvalue weighted by molar-refractivity contribution is 4.78. The summed E-state index contributed by atoms with van der Waals surface area (Å²) >= 11 is 0. The topological polar surface area (TPSA) is 35.2 Å². The van der Waals surface area contributed by atoms with Crippen molar-refractivity contribution >= 4 is 0 Å². The summed E-state index contributed by atoms with van der Waals surface area (Å²) in [5, 5.41) is 0. The number of hydrogen-bond acceptors (Lipinski definition) is 2. The Hall–Kier alpha value is -0.0800. The minimum Gasteiger partial charge on any atom is -0.381 e. The molecule has 0 amide bonds. The second-order valence-corrected chi connectivity index (χ2v) is 4.21. The van der Waals surface area contributed by atoms with Gasteiger partial charge < -0.3 is 10.5 Å². The van der Waals surface area contributed by atoms with Crippen LogP contribution in [0, 0.1) is 5.92 Å². The number of nitrogens with two attached hydrogens (primary N) is 1. The van der Waals surface area contributed by atoms with E-state index < -0.39 is 0 Å². The molecule has 0 aromatic carbocycles. The van der Waals surface area contributed by atoms with E-state index in [2.05, 4.69) is 13.8 Å². The summed E-state index contributed by atoms with van der Waals surface area (Å²) in [6.07, 6.45) is 1.20. The summed E-state index contributed by atoms with van der Waals surface area (Å²) in [5.74, 6) is 0.544. The fraction of sp³-hybridized carbons (Fsp3) is 1.00. The van der Waals surface area contributed by atoms with E-state index in [-0.39, 0.29) is 11.6 Å². The van der Waals surface area contributed by atoms with Crippen molar-refractivity contribution in [1.82, 2.24) is 0 Å². The standard InChI is InChI=1S/C9H21NO/c1-7(2)8(11-5)6-9(3,4)10/h7-8H,6,10H2,1-5H3. The van der Waals surface area contributed by atoms with Gasteiger partial charge in [-0.2, -0.15) is 0 Å². The van der Waals surface area contributed by atoms with Gasteiger partial charge in [0, 0.05) is 12.6 Å². The molecule has 2 nitrogen and oxygen atoms in total. The van der Waals surface area contributed by atoms with Gasteiger partial charge in [-0.1, -0.05) is 13.8 Å². The van der Waals surface area contributed by atoms with Crippen LogP contribution in [0.5, 0.6) is 0 Å². The summed E-state index contributed by atoms with van der Waals surface area (Å²) in [4.78, 5) is 0. The second-order valence-electron chi connectivity index (χ2n) is 4.21. The van der Waals surface area contributed by atoms with Crippen LogP contribution in [0.4, 0.5) is 0 Å². The zero-order chi connectivity index (χ0) is 9.07. The molecule has 0 aliphatic heterocycles. The van der Waals surface area contributed by atoms with Gasteiger partial charge in [-0.15, -0.1) is 0 Å². The lowest BCUT2D eigenvalue weighted by Gasteiger charge is -2.27. The molecular formula is C9H21NO. The highest BCUT2D eigenvalue weighted by Gasteiger charge is 2.20. The minimum atomic E-state index is -0.120. The van der Waals surface area contributed by atoms with E-state index in [4.69, 9.17) is 10.5 Å². The van der Waals surface area contributed by atoms with Crippen molar-refractivity contribution in [2.24, 2.45) is 11.7 Å². The van der Waals surface area contributed by atoms with Crippen LogP contribution < -0.4 is 5.73 Å². The molecule has 0 saturated carbocycles. The van der Waals surface area contributed by atoms with E-state index in [1.165, 1.54) is 0 Å². The Morgan fingerprint density at radius 1 is 1.36 bits per heavy atom. The molecule has 0 aliphatic carbocycles. The summed E-state index contributed by atoms with van der Waals surface area (Å²) < 4.78 is 5.31. The monoisotopic (exact) mass is 159 g/mol. The average molecular weight is 159 g/mol. The molecule has 2 heteroatoms. The maximum Gasteiger partial charge on any atom is 0.0611 e. The predicted octanol–water partition coefficient (Wildman–Crippen LogP) is 1.78. The molecule has 0 saturated heterocycles. The number of ether oxygens (including phenoxy) is 1. The van der Waals surface area contributed by atoms with Crippen LogP contribution in [0.2, 0.25) is 0 Å². The van der Waals surface area contributed by atoms with Crippen LogP contribution in [-0.4, -0.2) is 18.8 Å². The molecule has 11 heavy (non-hydrogen) atoms. The first kappa shape index (κ1) is 10.9. The third kappa shape index (κ3) is 5.22. The molecule has 0 aromatic rings. The summed E-state index contributed by atoms with van der Waals surface area (Å²) in [6.45, 7) is 8.36. The summed E-state index contributed by atoms with van der Waals surface area (Å²) in [7, 11) is 1.75. The first-order chi connectivity index (χ1) is 4.87. The van der Waals surface area contributed by atoms with Crippen molar-refractivity contribution in [3.05, 3.63) is 0 Å². The molecule has 1 unspecified atom stereocenters. The number of hydrogen-bond donors (Lipinski definition) is 1. The smallest absolute Gasteiger partial charge is 0.0611 e. The van der Waals surface area contributed by atoms with Crippen molar-refractivity contribution in [3.63, 3.8) is 0 Å². The highest BCUT2D eigenvalue weighted by Crippen LogP contribution is 2.16. The van der Waals surface area contributed by atoms with Gasteiger partial charge in [-0.25, -0.2) is 0 Å². The van der Waals surface area contributed by atoms with Gasteiger partial charge in [-0.3, -0.25) is 0 Å². The second kappa shape index (κ2) is 4.07. The zero-order valence-corrected chi connectivity index (χ0v) is 8.35. The van der Waals surface area contributed by atoms with Gasteiger partial charge in [0.25, 0.3) is 0 Å². The van der Waals surface area contributed by atoms with E-state index in [0.29, 0.717) is 5.92 Å². The molecule has 0 spiro atoms. The summed E-state index contributed by atoms with van der Waals surface area (Å²) in [6, 6.07) is 0. The Morgan fingerprint density at radius 2 is 1.82 bits per heavy atom. The molecular weight excluding hydrogens is 138 g/mol. The van der Waals surface area contributed by atoms with Gasteiger partial charge in [0.15, 0.2) is 0 Å². The van der Waals surface area contributed by atoms with Crippen LogP contribution >= 0.6 is 0 Å². The first-order valence-electron chi connectivity index (χ1n) is 4.18. The van der Waals surface area contributed by atoms with Crippen LogP contribution in [0.15, 0.2) is 0 Å². The predicted molar refractivity (Wildman–Crippen MR) is 48.5 cm³/mol.